The number of ether oxygens (including phenoxy) is 1. The van der Waals surface area contributed by atoms with Crippen LogP contribution in [0, 0.1) is 17.7 Å². The molecule has 8 nitrogen and oxygen atoms in total. The van der Waals surface area contributed by atoms with Gasteiger partial charge in [0, 0.05) is 24.8 Å². The smallest absolute Gasteiger partial charge is 0.275 e. The van der Waals surface area contributed by atoms with Gasteiger partial charge < -0.3 is 9.64 Å². The molecule has 2 saturated heterocycles. The van der Waals surface area contributed by atoms with Crippen molar-refractivity contribution >= 4 is 17.5 Å². The molecule has 3 fully saturated rings. The first-order valence-corrected chi connectivity index (χ1v) is 10.5. The average Bonchev–Trinajstić information content (AvgIpc) is 3.33. The highest BCUT2D eigenvalue weighted by Gasteiger charge is 2.43. The molecule has 1 amide bonds. The number of pyridine rings is 2. The molecule has 2 aliphatic heterocycles. The molecule has 3 atom stereocenters. The number of amides is 1. The van der Waals surface area contributed by atoms with E-state index in [1.807, 2.05) is 4.90 Å². The lowest BCUT2D eigenvalue weighted by Crippen LogP contribution is -2.55. The second-order valence-electron chi connectivity index (χ2n) is 7.91. The Hall–Kier alpha value is -3.07. The van der Waals surface area contributed by atoms with Crippen LogP contribution in [0.1, 0.15) is 29.8 Å². The van der Waals surface area contributed by atoms with E-state index in [1.54, 1.807) is 18.5 Å². The van der Waals surface area contributed by atoms with Crippen molar-refractivity contribution in [1.82, 2.24) is 29.9 Å². The molecule has 3 aromatic heterocycles. The van der Waals surface area contributed by atoms with E-state index in [1.165, 1.54) is 23.1 Å². The quantitative estimate of drug-likeness (QED) is 0.603. The van der Waals surface area contributed by atoms with Gasteiger partial charge in [0.25, 0.3) is 5.91 Å². The number of hydrogen-bond donors (Lipinski definition) is 0. The third-order valence-corrected chi connectivity index (χ3v) is 6.27. The highest BCUT2D eigenvalue weighted by atomic mass is 35.5. The molecule has 1 saturated carbocycles. The van der Waals surface area contributed by atoms with Gasteiger partial charge in [0.05, 0.1) is 30.2 Å². The molecule has 5 heterocycles. The molecule has 3 aromatic rings. The van der Waals surface area contributed by atoms with Crippen molar-refractivity contribution in [1.29, 1.82) is 0 Å². The van der Waals surface area contributed by atoms with Crippen molar-refractivity contribution in [2.75, 3.05) is 13.2 Å². The van der Waals surface area contributed by atoms with Gasteiger partial charge in [0.15, 0.2) is 5.69 Å². The molecule has 3 unspecified atom stereocenters. The largest absolute Gasteiger partial charge is 0.477 e. The van der Waals surface area contributed by atoms with Crippen molar-refractivity contribution in [2.24, 2.45) is 11.8 Å². The Morgan fingerprint density at radius 2 is 2.03 bits per heavy atom. The first-order valence-electron chi connectivity index (χ1n) is 10.2. The van der Waals surface area contributed by atoms with Gasteiger partial charge in [0.2, 0.25) is 5.88 Å². The maximum absolute atomic E-state index is 13.4. The average molecular weight is 443 g/mol. The first-order chi connectivity index (χ1) is 15.1. The van der Waals surface area contributed by atoms with Crippen LogP contribution < -0.4 is 4.74 Å². The van der Waals surface area contributed by atoms with Gasteiger partial charge in [-0.25, -0.2) is 14.4 Å². The summed E-state index contributed by atoms with van der Waals surface area (Å²) in [7, 11) is 0. The summed E-state index contributed by atoms with van der Waals surface area (Å²) in [5.74, 6) is 0.530. The lowest BCUT2D eigenvalue weighted by atomic mass is 9.72. The molecule has 31 heavy (non-hydrogen) atoms. The molecule has 3 aliphatic rings. The third kappa shape index (κ3) is 3.97. The van der Waals surface area contributed by atoms with Gasteiger partial charge >= 0.3 is 0 Å². The molecule has 0 aromatic carbocycles. The van der Waals surface area contributed by atoms with E-state index in [4.69, 9.17) is 16.3 Å². The molecule has 2 bridgehead atoms. The van der Waals surface area contributed by atoms with Gasteiger partial charge in [-0.2, -0.15) is 10.2 Å². The number of halogens is 2. The maximum Gasteiger partial charge on any atom is 0.275 e. The van der Waals surface area contributed by atoms with Crippen LogP contribution in [0.5, 0.6) is 5.88 Å². The number of rotatable bonds is 5. The molecule has 6 rings (SSSR count). The third-order valence-electron chi connectivity index (χ3n) is 6.06. The van der Waals surface area contributed by atoms with E-state index < -0.39 is 5.82 Å². The van der Waals surface area contributed by atoms with Crippen LogP contribution in [0.3, 0.4) is 0 Å². The van der Waals surface area contributed by atoms with Gasteiger partial charge in [-0.05, 0) is 43.2 Å². The van der Waals surface area contributed by atoms with Crippen LogP contribution in [0.2, 0.25) is 5.02 Å². The minimum absolute atomic E-state index is 0.114. The molecule has 160 valence electrons. The van der Waals surface area contributed by atoms with Gasteiger partial charge in [0.1, 0.15) is 11.5 Å². The monoisotopic (exact) mass is 442 g/mol. The first kappa shape index (κ1) is 19.9. The van der Waals surface area contributed by atoms with Gasteiger partial charge in [-0.1, -0.05) is 11.6 Å². The number of carbonyl (C=O) groups is 1. The number of piperidine rings is 2. The van der Waals surface area contributed by atoms with Crippen molar-refractivity contribution in [2.45, 2.75) is 25.3 Å². The van der Waals surface area contributed by atoms with Gasteiger partial charge in [-0.15, -0.1) is 4.80 Å². The SMILES string of the molecule is O=C(c1ncc(Cl)cc1-n1nccn1)N1CC2CCC1CC2COc1ccc(F)cn1. The van der Waals surface area contributed by atoms with E-state index in [-0.39, 0.29) is 17.6 Å². The van der Waals surface area contributed by atoms with E-state index in [0.717, 1.165) is 25.5 Å². The molecular formula is C21H20ClFN6O2. The van der Waals surface area contributed by atoms with Crippen LogP contribution in [0.15, 0.2) is 43.0 Å². The lowest BCUT2D eigenvalue weighted by Gasteiger charge is -2.49. The summed E-state index contributed by atoms with van der Waals surface area (Å²) in [5, 5.41) is 8.66. The Morgan fingerprint density at radius 1 is 1.19 bits per heavy atom. The highest BCUT2D eigenvalue weighted by Crippen LogP contribution is 2.40. The number of aromatic nitrogens is 5. The summed E-state index contributed by atoms with van der Waals surface area (Å²) in [6, 6.07) is 4.63. The summed E-state index contributed by atoms with van der Waals surface area (Å²) in [4.78, 5) is 24.9. The van der Waals surface area contributed by atoms with E-state index >= 15 is 0 Å². The predicted octanol–water partition coefficient (Wildman–Crippen LogP) is 3.17. The zero-order valence-electron chi connectivity index (χ0n) is 16.6. The maximum atomic E-state index is 13.4. The summed E-state index contributed by atoms with van der Waals surface area (Å²) >= 11 is 6.10. The van der Waals surface area contributed by atoms with Crippen LogP contribution in [-0.2, 0) is 0 Å². The molecule has 0 radical (unpaired) electrons. The van der Waals surface area contributed by atoms with Crippen LogP contribution >= 0.6 is 11.6 Å². The number of hydrogen-bond acceptors (Lipinski definition) is 6. The molecule has 0 spiro atoms. The fourth-order valence-corrected chi connectivity index (χ4v) is 4.69. The second-order valence-corrected chi connectivity index (χ2v) is 8.35. The highest BCUT2D eigenvalue weighted by molar-refractivity contribution is 6.30. The van der Waals surface area contributed by atoms with Crippen molar-refractivity contribution in [3.63, 3.8) is 0 Å². The molecular weight excluding hydrogens is 423 g/mol. The normalized spacial score (nSPS) is 22.5. The summed E-state index contributed by atoms with van der Waals surface area (Å²) in [6.45, 7) is 1.15. The molecule has 1 aliphatic carbocycles. The van der Waals surface area contributed by atoms with Crippen LogP contribution in [-0.4, -0.2) is 55.0 Å². The fraction of sp³-hybridized carbons (Fsp3) is 0.381. The molecule has 0 N–H and O–H groups in total. The van der Waals surface area contributed by atoms with Crippen LogP contribution in [0.25, 0.3) is 5.69 Å². The number of fused-ring (bicyclic) bond motifs is 3. The summed E-state index contributed by atoms with van der Waals surface area (Å²) in [5.41, 5.74) is 0.752. The Bertz CT molecular complexity index is 1080. The number of nitrogens with zero attached hydrogens (tertiary/aromatic N) is 6. The van der Waals surface area contributed by atoms with Crippen molar-refractivity contribution in [3.05, 3.63) is 59.5 Å². The standard InChI is InChI=1S/C21H20ClFN6O2/c22-15-8-18(29-26-5-6-27-29)20(25-9-15)21(30)28-11-13-1-3-17(28)7-14(13)12-31-19-4-2-16(23)10-24-19/h2,4-6,8-10,13-14,17H,1,3,7,11-12H2. The van der Waals surface area contributed by atoms with Crippen molar-refractivity contribution in [3.8, 4) is 11.6 Å². The zero-order valence-corrected chi connectivity index (χ0v) is 17.3. The fourth-order valence-electron chi connectivity index (χ4n) is 4.54. The van der Waals surface area contributed by atoms with Crippen LogP contribution in [0.4, 0.5) is 4.39 Å². The van der Waals surface area contributed by atoms with E-state index in [9.17, 15) is 9.18 Å². The Kier molecular flexibility index (Phi) is 5.27. The van der Waals surface area contributed by atoms with Crippen molar-refractivity contribution < 1.29 is 13.9 Å². The summed E-state index contributed by atoms with van der Waals surface area (Å²) in [6.07, 6.45) is 8.54. The number of carbonyl (C=O) groups excluding carboxylic acids is 1. The summed E-state index contributed by atoms with van der Waals surface area (Å²) < 4.78 is 18.8. The Labute approximate surface area is 183 Å². The lowest BCUT2D eigenvalue weighted by molar-refractivity contribution is -0.00508. The minimum Gasteiger partial charge on any atom is -0.477 e. The van der Waals surface area contributed by atoms with E-state index in [0.29, 0.717) is 41.6 Å². The Balaban J connectivity index is 1.30. The molecule has 10 heteroatoms. The minimum atomic E-state index is -0.390. The van der Waals surface area contributed by atoms with Gasteiger partial charge in [-0.3, -0.25) is 4.79 Å². The zero-order chi connectivity index (χ0) is 21.4. The second kappa shape index (κ2) is 8.22. The van der Waals surface area contributed by atoms with E-state index in [2.05, 4.69) is 20.2 Å². The topological polar surface area (TPSA) is 86.0 Å². The Morgan fingerprint density at radius 3 is 2.74 bits per heavy atom. The predicted molar refractivity (Wildman–Crippen MR) is 110 cm³/mol.